The van der Waals surface area contributed by atoms with E-state index in [9.17, 15) is 4.39 Å². The lowest BCUT2D eigenvalue weighted by atomic mass is 10.2. The fraction of sp³-hybridized carbons (Fsp3) is 0.300. The zero-order valence-corrected chi connectivity index (χ0v) is 15.4. The third-order valence-electron chi connectivity index (χ3n) is 4.25. The maximum atomic E-state index is 13.5. The predicted molar refractivity (Wildman–Crippen MR) is 96.6 cm³/mol. The minimum Gasteiger partial charge on any atom is -0.544 e. The van der Waals surface area contributed by atoms with Gasteiger partial charge in [0, 0.05) is 5.56 Å². The average Bonchev–Trinajstić information content (AvgIpc) is 2.46. The Kier molecular flexibility index (Phi) is 4.96. The third-order valence-corrected chi connectivity index (χ3v) is 8.61. The molecule has 0 aliphatic carbocycles. The van der Waals surface area contributed by atoms with Gasteiger partial charge in [-0.3, -0.25) is 0 Å². The van der Waals surface area contributed by atoms with Gasteiger partial charge < -0.3 is 4.43 Å². The molecule has 2 rings (SSSR count). The van der Waals surface area contributed by atoms with E-state index in [-0.39, 0.29) is 10.9 Å². The molecule has 0 unspecified atom stereocenters. The number of rotatable bonds is 2. The van der Waals surface area contributed by atoms with Gasteiger partial charge in [0.2, 0.25) is 8.32 Å². The Morgan fingerprint density at radius 3 is 2.09 bits per heavy atom. The van der Waals surface area contributed by atoms with Crippen LogP contribution in [0, 0.1) is 17.7 Å². The van der Waals surface area contributed by atoms with Gasteiger partial charge in [0.15, 0.2) is 0 Å². The minimum atomic E-state index is -1.83. The standard InChI is InChI=1S/C20H23FOSi/c1-20(2,3)23(4,5)22-18-14-11-16(12-15-18)10-13-17-8-6-7-9-19(17)21/h6-9,11-12,14-15H,1-5H3. The first-order valence-corrected chi connectivity index (χ1v) is 10.7. The van der Waals surface area contributed by atoms with E-state index in [0.717, 1.165) is 11.3 Å². The lowest BCUT2D eigenvalue weighted by Gasteiger charge is -2.36. The number of benzene rings is 2. The van der Waals surface area contributed by atoms with E-state index < -0.39 is 8.32 Å². The molecule has 0 atom stereocenters. The fourth-order valence-corrected chi connectivity index (χ4v) is 2.79. The van der Waals surface area contributed by atoms with E-state index >= 15 is 0 Å². The average molecular weight is 326 g/mol. The zero-order chi connectivity index (χ0) is 17.1. The minimum absolute atomic E-state index is 0.163. The topological polar surface area (TPSA) is 9.23 Å². The molecular weight excluding hydrogens is 303 g/mol. The van der Waals surface area contributed by atoms with E-state index in [1.54, 1.807) is 18.2 Å². The van der Waals surface area contributed by atoms with Crippen LogP contribution in [-0.4, -0.2) is 8.32 Å². The Hall–Kier alpha value is -2.05. The summed E-state index contributed by atoms with van der Waals surface area (Å²) in [4.78, 5) is 0. The second-order valence-electron chi connectivity index (χ2n) is 7.12. The van der Waals surface area contributed by atoms with Gasteiger partial charge in [0.05, 0.1) is 5.56 Å². The van der Waals surface area contributed by atoms with Crippen molar-refractivity contribution >= 4 is 8.32 Å². The third kappa shape index (κ3) is 4.46. The molecule has 0 aromatic heterocycles. The van der Waals surface area contributed by atoms with Crippen molar-refractivity contribution in [3.63, 3.8) is 0 Å². The smallest absolute Gasteiger partial charge is 0.250 e. The highest BCUT2D eigenvalue weighted by Crippen LogP contribution is 2.37. The van der Waals surface area contributed by atoms with E-state index in [0.29, 0.717) is 5.56 Å². The lowest BCUT2D eigenvalue weighted by Crippen LogP contribution is -2.43. The van der Waals surface area contributed by atoms with Crippen LogP contribution in [0.5, 0.6) is 5.75 Å². The van der Waals surface area contributed by atoms with Gasteiger partial charge in [0.1, 0.15) is 11.6 Å². The Bertz CT molecular complexity index is 731. The molecule has 2 aromatic carbocycles. The molecule has 23 heavy (non-hydrogen) atoms. The number of hydrogen-bond donors (Lipinski definition) is 0. The molecule has 0 saturated heterocycles. The zero-order valence-electron chi connectivity index (χ0n) is 14.4. The molecule has 0 N–H and O–H groups in total. The SMILES string of the molecule is CC(C)(C)[Si](C)(C)Oc1ccc(C#Cc2ccccc2F)cc1. The van der Waals surface area contributed by atoms with Gasteiger partial charge in [0.25, 0.3) is 0 Å². The molecular formula is C20H23FOSi. The molecule has 0 aliphatic rings. The van der Waals surface area contributed by atoms with Gasteiger partial charge in [-0.15, -0.1) is 0 Å². The normalized spacial score (nSPS) is 11.6. The van der Waals surface area contributed by atoms with Crippen molar-refractivity contribution in [2.45, 2.75) is 38.9 Å². The van der Waals surface area contributed by atoms with Crippen LogP contribution in [0.1, 0.15) is 31.9 Å². The van der Waals surface area contributed by atoms with Crippen LogP contribution in [0.3, 0.4) is 0 Å². The molecule has 0 bridgehead atoms. The van der Waals surface area contributed by atoms with E-state index in [4.69, 9.17) is 4.43 Å². The Morgan fingerprint density at radius 1 is 0.913 bits per heavy atom. The summed E-state index contributed by atoms with van der Waals surface area (Å²) in [5.74, 6) is 6.43. The van der Waals surface area contributed by atoms with Crippen molar-refractivity contribution in [2.24, 2.45) is 0 Å². The van der Waals surface area contributed by atoms with Crippen LogP contribution < -0.4 is 4.43 Å². The maximum absolute atomic E-state index is 13.5. The summed E-state index contributed by atoms with van der Waals surface area (Å²) < 4.78 is 19.8. The summed E-state index contributed by atoms with van der Waals surface area (Å²) in [6, 6.07) is 14.2. The monoisotopic (exact) mass is 326 g/mol. The highest BCUT2D eigenvalue weighted by atomic mass is 28.4. The largest absolute Gasteiger partial charge is 0.544 e. The van der Waals surface area contributed by atoms with Crippen molar-refractivity contribution in [1.29, 1.82) is 0 Å². The van der Waals surface area contributed by atoms with Gasteiger partial charge >= 0.3 is 0 Å². The Morgan fingerprint density at radius 2 is 1.52 bits per heavy atom. The lowest BCUT2D eigenvalue weighted by molar-refractivity contribution is 0.492. The first-order chi connectivity index (χ1) is 10.7. The molecule has 0 spiro atoms. The van der Waals surface area contributed by atoms with Gasteiger partial charge in [-0.1, -0.05) is 44.7 Å². The molecule has 2 aromatic rings. The molecule has 0 radical (unpaired) electrons. The molecule has 1 nitrogen and oxygen atoms in total. The highest BCUT2D eigenvalue weighted by molar-refractivity contribution is 6.74. The second kappa shape index (κ2) is 6.60. The van der Waals surface area contributed by atoms with E-state index in [2.05, 4.69) is 45.7 Å². The maximum Gasteiger partial charge on any atom is 0.250 e. The van der Waals surface area contributed by atoms with E-state index in [1.165, 1.54) is 6.07 Å². The second-order valence-corrected chi connectivity index (χ2v) is 11.8. The Labute approximate surface area is 139 Å². The van der Waals surface area contributed by atoms with Gasteiger partial charge in [-0.2, -0.15) is 0 Å². The molecule has 0 fully saturated rings. The number of halogens is 1. The molecule has 0 heterocycles. The van der Waals surface area contributed by atoms with Crippen LogP contribution in [0.15, 0.2) is 48.5 Å². The van der Waals surface area contributed by atoms with Crippen molar-refractivity contribution in [3.8, 4) is 17.6 Å². The summed E-state index contributed by atoms with van der Waals surface area (Å²) in [6.45, 7) is 11.1. The van der Waals surface area contributed by atoms with Crippen molar-refractivity contribution in [1.82, 2.24) is 0 Å². The van der Waals surface area contributed by atoms with Crippen molar-refractivity contribution in [3.05, 3.63) is 65.5 Å². The first-order valence-electron chi connectivity index (χ1n) is 7.75. The molecule has 0 saturated carbocycles. The van der Waals surface area contributed by atoms with Crippen LogP contribution in [0.4, 0.5) is 4.39 Å². The Balaban J connectivity index is 2.14. The van der Waals surface area contributed by atoms with Crippen LogP contribution >= 0.6 is 0 Å². The van der Waals surface area contributed by atoms with Crippen LogP contribution in [0.2, 0.25) is 18.1 Å². The van der Waals surface area contributed by atoms with Crippen molar-refractivity contribution in [2.75, 3.05) is 0 Å². The molecule has 0 amide bonds. The van der Waals surface area contributed by atoms with Gasteiger partial charge in [-0.25, -0.2) is 4.39 Å². The molecule has 3 heteroatoms. The van der Waals surface area contributed by atoms with Gasteiger partial charge in [-0.05, 0) is 54.5 Å². The quantitative estimate of drug-likeness (QED) is 0.515. The van der Waals surface area contributed by atoms with Crippen molar-refractivity contribution < 1.29 is 8.82 Å². The first kappa shape index (κ1) is 17.3. The van der Waals surface area contributed by atoms with Crippen LogP contribution in [0.25, 0.3) is 0 Å². The summed E-state index contributed by atoms with van der Waals surface area (Å²) in [7, 11) is -1.83. The predicted octanol–water partition coefficient (Wildman–Crippen LogP) is 5.61. The fourth-order valence-electron chi connectivity index (χ4n) is 1.76. The summed E-state index contributed by atoms with van der Waals surface area (Å²) in [5, 5.41) is 0.163. The summed E-state index contributed by atoms with van der Waals surface area (Å²) >= 11 is 0. The van der Waals surface area contributed by atoms with E-state index in [1.807, 2.05) is 24.3 Å². The molecule has 0 aliphatic heterocycles. The van der Waals surface area contributed by atoms with Crippen LogP contribution in [-0.2, 0) is 0 Å². The highest BCUT2D eigenvalue weighted by Gasteiger charge is 2.38. The summed E-state index contributed by atoms with van der Waals surface area (Å²) in [5.41, 5.74) is 1.25. The molecule has 120 valence electrons. The summed E-state index contributed by atoms with van der Waals surface area (Å²) in [6.07, 6.45) is 0. The number of hydrogen-bond acceptors (Lipinski definition) is 1.